The van der Waals surface area contributed by atoms with Crippen LogP contribution in [0.1, 0.15) is 12.6 Å². The molecule has 3 heterocycles. The first-order valence-corrected chi connectivity index (χ1v) is 7.35. The van der Waals surface area contributed by atoms with Crippen molar-refractivity contribution in [2.75, 3.05) is 18.6 Å². The van der Waals surface area contributed by atoms with Gasteiger partial charge < -0.3 is 20.7 Å². The zero-order valence-electron chi connectivity index (χ0n) is 10.8. The van der Waals surface area contributed by atoms with Crippen LogP contribution in [-0.2, 0) is 4.74 Å². The Balaban J connectivity index is 2.09. The molecular weight excluding hydrogens is 282 g/mol. The summed E-state index contributed by atoms with van der Waals surface area (Å²) in [5.74, 6) is 0.307. The molecule has 0 saturated carbocycles. The molecule has 0 radical (unpaired) electrons. The van der Waals surface area contributed by atoms with E-state index in [1.165, 1.54) is 18.1 Å². The summed E-state index contributed by atoms with van der Waals surface area (Å²) >= 11 is 1.43. The Morgan fingerprint density at radius 3 is 3.00 bits per heavy atom. The zero-order chi connectivity index (χ0) is 14.3. The van der Waals surface area contributed by atoms with Crippen molar-refractivity contribution in [2.24, 2.45) is 0 Å². The molecule has 3 rings (SSSR count). The second kappa shape index (κ2) is 5.17. The summed E-state index contributed by atoms with van der Waals surface area (Å²) in [6.07, 6.45) is 1.89. The number of rotatable bonds is 3. The molecule has 4 N–H and O–H groups in total. The minimum atomic E-state index is -0.712. The Hall–Kier alpha value is -1.42. The van der Waals surface area contributed by atoms with Crippen molar-refractivity contribution in [3.8, 4) is 0 Å². The maximum absolute atomic E-state index is 9.87. The number of nitrogens with zero attached hydrogens (tertiary/aromatic N) is 4. The van der Waals surface area contributed by atoms with Gasteiger partial charge in [-0.05, 0) is 6.26 Å². The van der Waals surface area contributed by atoms with Gasteiger partial charge in [-0.15, -0.1) is 0 Å². The lowest BCUT2D eigenvalue weighted by molar-refractivity contribution is -0.0457. The van der Waals surface area contributed by atoms with E-state index in [-0.39, 0.29) is 6.61 Å². The van der Waals surface area contributed by atoms with Gasteiger partial charge in [0.15, 0.2) is 22.1 Å². The van der Waals surface area contributed by atoms with E-state index in [2.05, 4.69) is 15.0 Å². The monoisotopic (exact) mass is 297 g/mol. The van der Waals surface area contributed by atoms with Gasteiger partial charge >= 0.3 is 0 Å². The van der Waals surface area contributed by atoms with Gasteiger partial charge in [0.2, 0.25) is 0 Å². The highest BCUT2D eigenvalue weighted by Gasteiger charge is 2.36. The highest BCUT2D eigenvalue weighted by atomic mass is 32.2. The summed E-state index contributed by atoms with van der Waals surface area (Å²) in [6, 6.07) is 0. The van der Waals surface area contributed by atoms with E-state index in [0.717, 1.165) is 0 Å². The summed E-state index contributed by atoms with van der Waals surface area (Å²) in [5.41, 5.74) is 6.89. The maximum atomic E-state index is 9.87. The molecule has 108 valence electrons. The van der Waals surface area contributed by atoms with Gasteiger partial charge in [0.05, 0.1) is 12.7 Å². The number of hydrogen-bond donors (Lipinski definition) is 3. The minimum Gasteiger partial charge on any atom is -0.394 e. The number of nitrogens with two attached hydrogens (primary N) is 1. The minimum absolute atomic E-state index is 0.226. The molecule has 20 heavy (non-hydrogen) atoms. The van der Waals surface area contributed by atoms with Gasteiger partial charge in [-0.1, -0.05) is 11.8 Å². The quantitative estimate of drug-likeness (QED) is 0.665. The van der Waals surface area contributed by atoms with Crippen LogP contribution in [0.15, 0.2) is 11.5 Å². The van der Waals surface area contributed by atoms with Gasteiger partial charge in [0.1, 0.15) is 18.7 Å². The molecule has 0 bridgehead atoms. The molecule has 0 aromatic carbocycles. The Kier molecular flexibility index (Phi) is 3.50. The number of ether oxygens (including phenoxy) is 1. The normalized spacial score (nSPS) is 26.4. The molecule has 3 atom stereocenters. The van der Waals surface area contributed by atoms with E-state index >= 15 is 0 Å². The first kappa shape index (κ1) is 13.6. The molecule has 0 spiro atoms. The molecule has 8 nitrogen and oxygen atoms in total. The predicted molar refractivity (Wildman–Crippen MR) is 73.1 cm³/mol. The molecular formula is C11H15N5O3S. The van der Waals surface area contributed by atoms with Crippen molar-refractivity contribution < 1.29 is 14.9 Å². The first-order valence-electron chi connectivity index (χ1n) is 6.12. The lowest BCUT2D eigenvalue weighted by atomic mass is 10.2. The third-order valence-electron chi connectivity index (χ3n) is 3.33. The average Bonchev–Trinajstić information content (AvgIpc) is 2.99. The topological polar surface area (TPSA) is 119 Å². The van der Waals surface area contributed by atoms with Crippen LogP contribution in [0.3, 0.4) is 0 Å². The Morgan fingerprint density at radius 2 is 2.35 bits per heavy atom. The highest BCUT2D eigenvalue weighted by molar-refractivity contribution is 7.98. The Morgan fingerprint density at radius 1 is 1.55 bits per heavy atom. The van der Waals surface area contributed by atoms with Crippen molar-refractivity contribution in [1.82, 2.24) is 19.5 Å². The summed E-state index contributed by atoms with van der Waals surface area (Å²) < 4.78 is 7.45. The number of aliphatic hydroxyl groups is 2. The molecule has 1 aliphatic heterocycles. The van der Waals surface area contributed by atoms with E-state index in [1.807, 2.05) is 6.26 Å². The van der Waals surface area contributed by atoms with E-state index < -0.39 is 18.4 Å². The fourth-order valence-corrected chi connectivity index (χ4v) is 2.93. The molecule has 9 heteroatoms. The van der Waals surface area contributed by atoms with Crippen molar-refractivity contribution in [3.05, 3.63) is 6.33 Å². The second-order valence-electron chi connectivity index (χ2n) is 4.51. The number of nitrogen functional groups attached to an aromatic ring is 1. The van der Waals surface area contributed by atoms with Crippen molar-refractivity contribution in [2.45, 2.75) is 30.0 Å². The van der Waals surface area contributed by atoms with Crippen molar-refractivity contribution >= 4 is 28.7 Å². The number of anilines is 1. The molecule has 2 aromatic rings. The average molecular weight is 297 g/mol. The van der Waals surface area contributed by atoms with Gasteiger partial charge in [0.25, 0.3) is 0 Å². The van der Waals surface area contributed by atoms with Crippen LogP contribution in [0.25, 0.3) is 11.2 Å². The van der Waals surface area contributed by atoms with E-state index in [1.54, 1.807) is 4.57 Å². The molecule has 0 amide bonds. The van der Waals surface area contributed by atoms with Crippen LogP contribution in [0.5, 0.6) is 0 Å². The van der Waals surface area contributed by atoms with Crippen molar-refractivity contribution in [3.63, 3.8) is 0 Å². The SMILES string of the molecule is CSc1nc2c(N)ncnc2n1C1CC(O)C(CO)O1. The smallest absolute Gasteiger partial charge is 0.172 e. The zero-order valence-corrected chi connectivity index (χ0v) is 11.6. The molecule has 3 unspecified atom stereocenters. The number of thioether (sulfide) groups is 1. The maximum Gasteiger partial charge on any atom is 0.172 e. The van der Waals surface area contributed by atoms with Crippen LogP contribution in [-0.4, -0.2) is 54.8 Å². The van der Waals surface area contributed by atoms with E-state index in [4.69, 9.17) is 10.5 Å². The van der Waals surface area contributed by atoms with Gasteiger partial charge in [-0.25, -0.2) is 15.0 Å². The van der Waals surface area contributed by atoms with Crippen LogP contribution in [0.4, 0.5) is 5.82 Å². The summed E-state index contributed by atoms with van der Waals surface area (Å²) in [7, 11) is 0. The van der Waals surface area contributed by atoms with Crippen LogP contribution in [0.2, 0.25) is 0 Å². The molecule has 1 aliphatic rings. The highest BCUT2D eigenvalue weighted by Crippen LogP contribution is 2.35. The third-order valence-corrected chi connectivity index (χ3v) is 3.98. The lowest BCUT2D eigenvalue weighted by Gasteiger charge is -2.15. The van der Waals surface area contributed by atoms with Crippen molar-refractivity contribution in [1.29, 1.82) is 0 Å². The second-order valence-corrected chi connectivity index (χ2v) is 5.29. The fraction of sp³-hybridized carbons (Fsp3) is 0.545. The van der Waals surface area contributed by atoms with E-state index in [0.29, 0.717) is 28.6 Å². The Bertz CT molecular complexity index is 634. The molecule has 1 fully saturated rings. The number of hydrogen-bond acceptors (Lipinski definition) is 8. The molecule has 2 aromatic heterocycles. The Labute approximate surface area is 119 Å². The van der Waals surface area contributed by atoms with Gasteiger partial charge in [-0.3, -0.25) is 4.57 Å². The van der Waals surface area contributed by atoms with E-state index in [9.17, 15) is 10.2 Å². The molecule has 1 saturated heterocycles. The molecule has 0 aliphatic carbocycles. The number of aromatic nitrogens is 4. The summed E-state index contributed by atoms with van der Waals surface area (Å²) in [4.78, 5) is 12.5. The number of fused-ring (bicyclic) bond motifs is 1. The lowest BCUT2D eigenvalue weighted by Crippen LogP contribution is -2.24. The first-order chi connectivity index (χ1) is 9.65. The number of imidazole rings is 1. The van der Waals surface area contributed by atoms with Gasteiger partial charge in [-0.2, -0.15) is 0 Å². The fourth-order valence-electron chi connectivity index (χ4n) is 2.35. The third kappa shape index (κ3) is 2.03. The summed E-state index contributed by atoms with van der Waals surface area (Å²) in [5, 5.41) is 19.7. The largest absolute Gasteiger partial charge is 0.394 e. The number of aliphatic hydroxyl groups excluding tert-OH is 2. The predicted octanol–water partition coefficient (Wildman–Crippen LogP) is -0.229. The van der Waals surface area contributed by atoms with Crippen LogP contribution < -0.4 is 5.73 Å². The standard InChI is InChI=1S/C11H15N5O3S/c1-20-11-15-8-9(12)13-4-14-10(8)16(11)7-2-5(18)6(3-17)19-7/h4-7,17-18H,2-3H2,1H3,(H2,12,13,14). The summed E-state index contributed by atoms with van der Waals surface area (Å²) in [6.45, 7) is -0.226. The van der Waals surface area contributed by atoms with Gasteiger partial charge in [0, 0.05) is 6.42 Å². The van der Waals surface area contributed by atoms with Crippen LogP contribution >= 0.6 is 11.8 Å². The van der Waals surface area contributed by atoms with Crippen LogP contribution in [0, 0.1) is 0 Å².